The van der Waals surface area contributed by atoms with Gasteiger partial charge in [0, 0.05) is 12.2 Å². The molecular weight excluding hydrogens is 212 g/mol. The van der Waals surface area contributed by atoms with Crippen LogP contribution in [0.25, 0.3) is 0 Å². The second-order valence-corrected chi connectivity index (χ2v) is 4.07. The van der Waals surface area contributed by atoms with E-state index in [0.717, 1.165) is 25.3 Å². The van der Waals surface area contributed by atoms with Gasteiger partial charge in [0.1, 0.15) is 0 Å². The molecule has 2 nitrogen and oxygen atoms in total. The number of nitrogens with two attached hydrogens (primary N) is 1. The van der Waals surface area contributed by atoms with Crippen LogP contribution in [0.4, 0.5) is 8.78 Å². The lowest BCUT2D eigenvalue weighted by molar-refractivity contribution is -0.000718. The Morgan fingerprint density at radius 1 is 1.31 bits per heavy atom. The lowest BCUT2D eigenvalue weighted by Gasteiger charge is -2.28. The minimum atomic E-state index is -0.858. The average molecular weight is 227 g/mol. The van der Waals surface area contributed by atoms with Crippen LogP contribution >= 0.6 is 0 Å². The normalized spacial score (nSPS) is 23.1. The minimum Gasteiger partial charge on any atom is -0.376 e. The summed E-state index contributed by atoms with van der Waals surface area (Å²) in [5.74, 6) is -1.71. The van der Waals surface area contributed by atoms with Crippen LogP contribution in [0.5, 0.6) is 0 Å². The van der Waals surface area contributed by atoms with E-state index in [2.05, 4.69) is 0 Å². The highest BCUT2D eigenvalue weighted by molar-refractivity contribution is 5.23. The van der Waals surface area contributed by atoms with Crippen LogP contribution in [-0.2, 0) is 4.74 Å². The van der Waals surface area contributed by atoms with E-state index in [1.165, 1.54) is 12.1 Å². The van der Waals surface area contributed by atoms with Crippen molar-refractivity contribution in [3.8, 4) is 0 Å². The monoisotopic (exact) mass is 227 g/mol. The molecule has 1 saturated heterocycles. The van der Waals surface area contributed by atoms with Gasteiger partial charge in [-0.15, -0.1) is 0 Å². The van der Waals surface area contributed by atoms with E-state index < -0.39 is 17.7 Å². The molecule has 2 atom stereocenters. The average Bonchev–Trinajstić information content (AvgIpc) is 2.33. The van der Waals surface area contributed by atoms with Gasteiger partial charge >= 0.3 is 0 Å². The van der Waals surface area contributed by atoms with E-state index >= 15 is 0 Å². The Labute approximate surface area is 93.4 Å². The molecule has 0 radical (unpaired) electrons. The van der Waals surface area contributed by atoms with Crippen molar-refractivity contribution in [2.45, 2.75) is 31.4 Å². The summed E-state index contributed by atoms with van der Waals surface area (Å²) in [4.78, 5) is 0. The van der Waals surface area contributed by atoms with Crippen molar-refractivity contribution < 1.29 is 13.5 Å². The second-order valence-electron chi connectivity index (χ2n) is 4.07. The van der Waals surface area contributed by atoms with Gasteiger partial charge < -0.3 is 10.5 Å². The molecule has 0 saturated carbocycles. The molecule has 1 aliphatic heterocycles. The topological polar surface area (TPSA) is 35.2 Å². The Morgan fingerprint density at radius 2 is 2.12 bits per heavy atom. The first-order valence-corrected chi connectivity index (χ1v) is 5.51. The first-order valence-electron chi connectivity index (χ1n) is 5.51. The van der Waals surface area contributed by atoms with Crippen molar-refractivity contribution in [1.82, 2.24) is 0 Å². The van der Waals surface area contributed by atoms with Crippen LogP contribution < -0.4 is 5.73 Å². The molecule has 0 spiro atoms. The number of benzene rings is 1. The molecule has 2 rings (SSSR count). The molecule has 16 heavy (non-hydrogen) atoms. The first kappa shape index (κ1) is 11.5. The van der Waals surface area contributed by atoms with Gasteiger partial charge in [-0.1, -0.05) is 12.1 Å². The third-order valence-electron chi connectivity index (χ3n) is 2.96. The Balaban J connectivity index is 2.19. The third-order valence-corrected chi connectivity index (χ3v) is 2.96. The molecule has 4 heteroatoms. The van der Waals surface area contributed by atoms with Crippen LogP contribution in [0.3, 0.4) is 0 Å². The highest BCUT2D eigenvalue weighted by atomic mass is 19.2. The van der Waals surface area contributed by atoms with Crippen LogP contribution in [0.1, 0.15) is 30.9 Å². The maximum atomic E-state index is 13.5. The Hall–Kier alpha value is -1.00. The number of ether oxygens (including phenoxy) is 1. The van der Waals surface area contributed by atoms with Crippen molar-refractivity contribution >= 4 is 0 Å². The Morgan fingerprint density at radius 3 is 2.81 bits per heavy atom. The molecule has 0 aromatic heterocycles. The van der Waals surface area contributed by atoms with E-state index in [1.54, 1.807) is 0 Å². The molecule has 2 unspecified atom stereocenters. The van der Waals surface area contributed by atoms with Crippen LogP contribution in [0, 0.1) is 11.6 Å². The number of hydrogen-bond acceptors (Lipinski definition) is 2. The largest absolute Gasteiger partial charge is 0.376 e. The molecule has 1 heterocycles. The summed E-state index contributed by atoms with van der Waals surface area (Å²) in [6.45, 7) is 0.648. The van der Waals surface area contributed by atoms with Crippen LogP contribution in [-0.4, -0.2) is 12.7 Å². The minimum absolute atomic E-state index is 0.201. The highest BCUT2D eigenvalue weighted by Crippen LogP contribution is 2.26. The SMILES string of the molecule is NC(c1cccc(F)c1F)C1CCCCO1. The fourth-order valence-electron chi connectivity index (χ4n) is 2.03. The van der Waals surface area contributed by atoms with Crippen molar-refractivity contribution in [2.24, 2.45) is 5.73 Å². The first-order chi connectivity index (χ1) is 7.70. The summed E-state index contributed by atoms with van der Waals surface area (Å²) in [5, 5.41) is 0. The molecule has 1 fully saturated rings. The van der Waals surface area contributed by atoms with Crippen LogP contribution in [0.2, 0.25) is 0 Å². The van der Waals surface area contributed by atoms with Crippen molar-refractivity contribution in [1.29, 1.82) is 0 Å². The number of rotatable bonds is 2. The van der Waals surface area contributed by atoms with Crippen molar-refractivity contribution in [3.63, 3.8) is 0 Å². The van der Waals surface area contributed by atoms with Gasteiger partial charge in [0.05, 0.1) is 12.1 Å². The zero-order valence-corrected chi connectivity index (χ0v) is 8.96. The predicted molar refractivity (Wildman–Crippen MR) is 56.9 cm³/mol. The van der Waals surface area contributed by atoms with Crippen molar-refractivity contribution in [2.75, 3.05) is 6.61 Å². The summed E-state index contributed by atoms with van der Waals surface area (Å²) in [6, 6.07) is 3.49. The molecule has 1 aromatic rings. The maximum Gasteiger partial charge on any atom is 0.163 e. The fourth-order valence-corrected chi connectivity index (χ4v) is 2.03. The molecular formula is C12H15F2NO. The Bertz CT molecular complexity index is 364. The van der Waals surface area contributed by atoms with Crippen molar-refractivity contribution in [3.05, 3.63) is 35.4 Å². The molecule has 0 amide bonds. The standard InChI is InChI=1S/C12H15F2NO/c13-9-5-3-4-8(11(9)14)12(15)10-6-1-2-7-16-10/h3-5,10,12H,1-2,6-7,15H2. The summed E-state index contributed by atoms with van der Waals surface area (Å²) in [7, 11) is 0. The number of halogens is 2. The summed E-state index contributed by atoms with van der Waals surface area (Å²) >= 11 is 0. The zero-order valence-electron chi connectivity index (χ0n) is 8.96. The van der Waals surface area contributed by atoms with Gasteiger partial charge in [0.15, 0.2) is 11.6 Å². The van der Waals surface area contributed by atoms with Gasteiger partial charge in [-0.05, 0) is 25.3 Å². The zero-order chi connectivity index (χ0) is 11.5. The Kier molecular flexibility index (Phi) is 3.51. The third kappa shape index (κ3) is 2.23. The maximum absolute atomic E-state index is 13.5. The summed E-state index contributed by atoms with van der Waals surface area (Å²) < 4.78 is 32.0. The second kappa shape index (κ2) is 4.89. The van der Waals surface area contributed by atoms with E-state index in [1.807, 2.05) is 0 Å². The van der Waals surface area contributed by atoms with Gasteiger partial charge in [0.2, 0.25) is 0 Å². The van der Waals surface area contributed by atoms with Crippen LogP contribution in [0.15, 0.2) is 18.2 Å². The molecule has 1 aliphatic rings. The highest BCUT2D eigenvalue weighted by Gasteiger charge is 2.25. The summed E-state index contributed by atoms with van der Waals surface area (Å²) in [6.07, 6.45) is 2.63. The van der Waals surface area contributed by atoms with E-state index in [0.29, 0.717) is 6.61 Å². The smallest absolute Gasteiger partial charge is 0.163 e. The lowest BCUT2D eigenvalue weighted by atomic mass is 9.96. The van der Waals surface area contributed by atoms with E-state index in [-0.39, 0.29) is 11.7 Å². The van der Waals surface area contributed by atoms with Gasteiger partial charge in [-0.25, -0.2) is 8.78 Å². The lowest BCUT2D eigenvalue weighted by Crippen LogP contribution is -2.32. The van der Waals surface area contributed by atoms with Gasteiger partial charge in [-0.2, -0.15) is 0 Å². The molecule has 88 valence electrons. The summed E-state index contributed by atoms with van der Waals surface area (Å²) in [5.41, 5.74) is 6.11. The number of hydrogen-bond donors (Lipinski definition) is 1. The molecule has 1 aromatic carbocycles. The molecule has 0 aliphatic carbocycles. The molecule has 2 N–H and O–H groups in total. The van der Waals surface area contributed by atoms with Gasteiger partial charge in [-0.3, -0.25) is 0 Å². The fraction of sp³-hybridized carbons (Fsp3) is 0.500. The quantitative estimate of drug-likeness (QED) is 0.842. The van der Waals surface area contributed by atoms with E-state index in [9.17, 15) is 8.78 Å². The van der Waals surface area contributed by atoms with Gasteiger partial charge in [0.25, 0.3) is 0 Å². The predicted octanol–water partition coefficient (Wildman–Crippen LogP) is 2.53. The molecule has 0 bridgehead atoms. The van der Waals surface area contributed by atoms with E-state index in [4.69, 9.17) is 10.5 Å².